The van der Waals surface area contributed by atoms with Crippen molar-refractivity contribution >= 4 is 17.5 Å². The van der Waals surface area contributed by atoms with Gasteiger partial charge in [0, 0.05) is 30.2 Å². The number of halogens is 1. The number of ether oxygens (including phenoxy) is 1. The third-order valence-corrected chi connectivity index (χ3v) is 6.62. The van der Waals surface area contributed by atoms with Crippen molar-refractivity contribution in [3.8, 4) is 5.69 Å². The molecule has 0 spiro atoms. The van der Waals surface area contributed by atoms with Gasteiger partial charge in [-0.1, -0.05) is 30.9 Å². The van der Waals surface area contributed by atoms with Gasteiger partial charge in [-0.2, -0.15) is 5.10 Å². The summed E-state index contributed by atoms with van der Waals surface area (Å²) in [7, 11) is 0. The molecule has 6 nitrogen and oxygen atoms in total. The van der Waals surface area contributed by atoms with E-state index in [-0.39, 0.29) is 11.4 Å². The van der Waals surface area contributed by atoms with Gasteiger partial charge >= 0.3 is 0 Å². The normalized spacial score (nSPS) is 19.8. The van der Waals surface area contributed by atoms with Crippen LogP contribution in [-0.4, -0.2) is 59.0 Å². The van der Waals surface area contributed by atoms with Gasteiger partial charge in [-0.05, 0) is 44.0 Å². The summed E-state index contributed by atoms with van der Waals surface area (Å²) < 4.78 is 7.33. The quantitative estimate of drug-likeness (QED) is 0.809. The largest absolute Gasteiger partial charge is 0.379 e. The third kappa shape index (κ3) is 4.34. The second kappa shape index (κ2) is 8.86. The zero-order valence-corrected chi connectivity index (χ0v) is 17.7. The molecule has 156 valence electrons. The van der Waals surface area contributed by atoms with Gasteiger partial charge in [-0.15, -0.1) is 0 Å². The smallest absolute Gasteiger partial charge is 0.254 e. The first-order valence-electron chi connectivity index (χ1n) is 10.5. The molecule has 1 N–H and O–H groups in total. The number of nitrogens with zero attached hydrogens (tertiary/aromatic N) is 3. The molecule has 2 aromatic rings. The lowest BCUT2D eigenvalue weighted by atomic mass is 9.79. The van der Waals surface area contributed by atoms with Crippen LogP contribution in [0.2, 0.25) is 5.02 Å². The lowest BCUT2D eigenvalue weighted by Crippen LogP contribution is -2.59. The van der Waals surface area contributed by atoms with Crippen LogP contribution in [-0.2, 0) is 4.74 Å². The lowest BCUT2D eigenvalue weighted by molar-refractivity contribution is -0.0361. The standard InChI is InChI=1S/C22H29ClN4O2/c1-17-20(15-25-27(17)19-7-5-18(23)6-8-19)21(28)24-16-22(9-3-2-4-10-22)26-11-13-29-14-12-26/h5-8,15H,2-4,9-14,16H2,1H3,(H,24,28). The predicted molar refractivity (Wildman–Crippen MR) is 114 cm³/mol. The van der Waals surface area contributed by atoms with Gasteiger partial charge in [0.05, 0.1) is 36.4 Å². The number of nitrogens with one attached hydrogen (secondary N) is 1. The van der Waals surface area contributed by atoms with E-state index in [0.29, 0.717) is 17.1 Å². The summed E-state index contributed by atoms with van der Waals surface area (Å²) in [5, 5.41) is 8.33. The van der Waals surface area contributed by atoms with E-state index in [1.54, 1.807) is 10.9 Å². The molecule has 1 saturated heterocycles. The Hall–Kier alpha value is -1.89. The summed E-state index contributed by atoms with van der Waals surface area (Å²) in [6.45, 7) is 6.06. The van der Waals surface area contributed by atoms with Crippen molar-refractivity contribution in [1.29, 1.82) is 0 Å². The number of amides is 1. The van der Waals surface area contributed by atoms with E-state index < -0.39 is 0 Å². The SMILES string of the molecule is Cc1c(C(=O)NCC2(N3CCOCC3)CCCCC2)cnn1-c1ccc(Cl)cc1. The van der Waals surface area contributed by atoms with Gasteiger partial charge < -0.3 is 10.1 Å². The molecule has 1 aliphatic heterocycles. The Kier molecular flexibility index (Phi) is 6.23. The molecule has 29 heavy (non-hydrogen) atoms. The molecular weight excluding hydrogens is 388 g/mol. The fourth-order valence-corrected chi connectivity index (χ4v) is 4.79. The maximum absolute atomic E-state index is 13.0. The highest BCUT2D eigenvalue weighted by atomic mass is 35.5. The Morgan fingerprint density at radius 1 is 1.17 bits per heavy atom. The first-order valence-corrected chi connectivity index (χ1v) is 10.9. The summed E-state index contributed by atoms with van der Waals surface area (Å²) in [4.78, 5) is 15.5. The Morgan fingerprint density at radius 2 is 1.86 bits per heavy atom. The van der Waals surface area contributed by atoms with Gasteiger partial charge in [0.1, 0.15) is 0 Å². The molecule has 1 aliphatic carbocycles. The number of benzene rings is 1. The summed E-state index contributed by atoms with van der Waals surface area (Å²) in [6, 6.07) is 7.46. The van der Waals surface area contributed by atoms with Crippen molar-refractivity contribution < 1.29 is 9.53 Å². The maximum atomic E-state index is 13.0. The highest BCUT2D eigenvalue weighted by Gasteiger charge is 2.39. The fraction of sp³-hybridized carbons (Fsp3) is 0.545. The molecule has 0 atom stereocenters. The minimum atomic E-state index is -0.0547. The van der Waals surface area contributed by atoms with E-state index in [1.165, 1.54) is 19.3 Å². The molecule has 0 bridgehead atoms. The molecule has 1 aromatic carbocycles. The summed E-state index contributed by atoms with van der Waals surface area (Å²) in [5.41, 5.74) is 2.39. The highest BCUT2D eigenvalue weighted by Crippen LogP contribution is 2.34. The van der Waals surface area contributed by atoms with Gasteiger partial charge in [0.2, 0.25) is 0 Å². The van der Waals surface area contributed by atoms with E-state index in [0.717, 1.165) is 50.5 Å². The maximum Gasteiger partial charge on any atom is 0.254 e. The highest BCUT2D eigenvalue weighted by molar-refractivity contribution is 6.30. The summed E-state index contributed by atoms with van der Waals surface area (Å²) in [6.07, 6.45) is 7.66. The van der Waals surface area contributed by atoms with E-state index in [2.05, 4.69) is 15.3 Å². The molecule has 7 heteroatoms. The lowest BCUT2D eigenvalue weighted by Gasteiger charge is -2.48. The molecule has 1 saturated carbocycles. The summed E-state index contributed by atoms with van der Waals surface area (Å²) >= 11 is 5.98. The van der Waals surface area contributed by atoms with Crippen LogP contribution in [0.4, 0.5) is 0 Å². The Morgan fingerprint density at radius 3 is 2.55 bits per heavy atom. The average molecular weight is 417 g/mol. The second-order valence-corrected chi connectivity index (χ2v) is 8.54. The first kappa shape index (κ1) is 20.4. The molecule has 0 radical (unpaired) electrons. The molecule has 2 heterocycles. The zero-order valence-electron chi connectivity index (χ0n) is 17.0. The van der Waals surface area contributed by atoms with Crippen molar-refractivity contribution in [2.24, 2.45) is 0 Å². The van der Waals surface area contributed by atoms with E-state index >= 15 is 0 Å². The number of carbonyl (C=O) groups excluding carboxylic acids is 1. The number of carbonyl (C=O) groups is 1. The molecule has 1 amide bonds. The van der Waals surface area contributed by atoms with Crippen LogP contribution < -0.4 is 5.32 Å². The topological polar surface area (TPSA) is 59.4 Å². The van der Waals surface area contributed by atoms with Crippen LogP contribution in [0, 0.1) is 6.92 Å². The number of rotatable bonds is 5. The molecule has 0 unspecified atom stereocenters. The van der Waals surface area contributed by atoms with Crippen LogP contribution in [0.25, 0.3) is 5.69 Å². The summed E-state index contributed by atoms with van der Waals surface area (Å²) in [5.74, 6) is -0.0547. The van der Waals surface area contributed by atoms with Gasteiger partial charge in [-0.25, -0.2) is 4.68 Å². The van der Waals surface area contributed by atoms with Crippen molar-refractivity contribution in [3.05, 3.63) is 46.7 Å². The fourth-order valence-electron chi connectivity index (χ4n) is 4.67. The molecule has 4 rings (SSSR count). The van der Waals surface area contributed by atoms with Crippen molar-refractivity contribution in [1.82, 2.24) is 20.0 Å². The molecule has 1 aromatic heterocycles. The minimum absolute atomic E-state index is 0.0533. The first-order chi connectivity index (χ1) is 14.1. The van der Waals surface area contributed by atoms with Gasteiger partial charge in [-0.3, -0.25) is 9.69 Å². The van der Waals surface area contributed by atoms with Crippen molar-refractivity contribution in [3.63, 3.8) is 0 Å². The molecule has 2 aliphatic rings. The van der Waals surface area contributed by atoms with E-state index in [9.17, 15) is 4.79 Å². The Bertz CT molecular complexity index is 837. The van der Waals surface area contributed by atoms with E-state index in [1.807, 2.05) is 31.2 Å². The monoisotopic (exact) mass is 416 g/mol. The second-order valence-electron chi connectivity index (χ2n) is 8.10. The zero-order chi connectivity index (χ0) is 20.3. The van der Waals surface area contributed by atoms with Crippen LogP contribution in [0.1, 0.15) is 48.2 Å². The van der Waals surface area contributed by atoms with Crippen molar-refractivity contribution in [2.45, 2.75) is 44.6 Å². The molecule has 2 fully saturated rings. The number of aromatic nitrogens is 2. The number of morpholine rings is 1. The number of hydrogen-bond donors (Lipinski definition) is 1. The Balaban J connectivity index is 1.47. The van der Waals surface area contributed by atoms with Crippen LogP contribution in [0.5, 0.6) is 0 Å². The number of hydrogen-bond acceptors (Lipinski definition) is 4. The van der Waals surface area contributed by atoms with Crippen molar-refractivity contribution in [2.75, 3.05) is 32.8 Å². The van der Waals surface area contributed by atoms with Gasteiger partial charge in [0.25, 0.3) is 5.91 Å². The van der Waals surface area contributed by atoms with Gasteiger partial charge in [0.15, 0.2) is 0 Å². The van der Waals surface area contributed by atoms with Crippen LogP contribution in [0.15, 0.2) is 30.5 Å². The van der Waals surface area contributed by atoms with Crippen LogP contribution in [0.3, 0.4) is 0 Å². The van der Waals surface area contributed by atoms with E-state index in [4.69, 9.17) is 16.3 Å². The third-order valence-electron chi connectivity index (χ3n) is 6.37. The van der Waals surface area contributed by atoms with Crippen LogP contribution >= 0.6 is 11.6 Å². The molecular formula is C22H29ClN4O2. The minimum Gasteiger partial charge on any atom is -0.379 e. The average Bonchev–Trinajstić information content (AvgIpc) is 3.15. The Labute approximate surface area is 177 Å². The predicted octanol–water partition coefficient (Wildman–Crippen LogP) is 3.60.